The topological polar surface area (TPSA) is 80.9 Å². The van der Waals surface area contributed by atoms with Crippen molar-refractivity contribution in [2.24, 2.45) is 0 Å². The van der Waals surface area contributed by atoms with Crippen LogP contribution in [0.25, 0.3) is 11.5 Å². The third kappa shape index (κ3) is 5.63. The van der Waals surface area contributed by atoms with Gasteiger partial charge in [0.15, 0.2) is 5.82 Å². The van der Waals surface area contributed by atoms with Gasteiger partial charge >= 0.3 is 6.09 Å². The van der Waals surface area contributed by atoms with Crippen LogP contribution in [-0.2, 0) is 9.47 Å². The second-order valence-electron chi connectivity index (χ2n) is 10.0. The van der Waals surface area contributed by atoms with Crippen LogP contribution in [0.3, 0.4) is 0 Å². The summed E-state index contributed by atoms with van der Waals surface area (Å²) in [4.78, 5) is 20.6. The molecule has 0 bridgehead atoms. The zero-order chi connectivity index (χ0) is 23.8. The molecular weight excluding hydrogens is 427 g/mol. The van der Waals surface area contributed by atoms with Crippen LogP contribution in [0.5, 0.6) is 0 Å². The van der Waals surface area contributed by atoms with Crippen molar-refractivity contribution in [1.29, 1.82) is 0 Å². The maximum Gasteiger partial charge on any atom is 0.410 e. The van der Waals surface area contributed by atoms with Gasteiger partial charge in [0.2, 0.25) is 0 Å². The third-order valence-corrected chi connectivity index (χ3v) is 5.91. The van der Waals surface area contributed by atoms with E-state index in [1.807, 2.05) is 39.5 Å². The van der Waals surface area contributed by atoms with Crippen molar-refractivity contribution in [3.05, 3.63) is 29.8 Å². The van der Waals surface area contributed by atoms with Crippen LogP contribution >= 0.6 is 0 Å². The Morgan fingerprint density at radius 3 is 2.45 bits per heavy atom. The van der Waals surface area contributed by atoms with Crippen LogP contribution < -0.4 is 4.90 Å². The number of hydrogen-bond acceptors (Lipinski definition) is 7. The number of carbonyl (C=O) groups excluding carboxylic acids is 1. The zero-order valence-electron chi connectivity index (χ0n) is 20.0. The SMILES string of the molecule is CC1CN(c2cc(-c3nc(C4CCN(C(=O)OC(C)(C)C)CC4)no3)ccc2F)CC(C)O1. The fraction of sp³-hybridized carbons (Fsp3) is 0.625. The summed E-state index contributed by atoms with van der Waals surface area (Å²) in [6.45, 7) is 12.0. The Bertz CT molecular complexity index is 971. The van der Waals surface area contributed by atoms with E-state index < -0.39 is 5.60 Å². The van der Waals surface area contributed by atoms with Gasteiger partial charge in [0.1, 0.15) is 11.4 Å². The summed E-state index contributed by atoms with van der Waals surface area (Å²) in [6, 6.07) is 4.87. The third-order valence-electron chi connectivity index (χ3n) is 5.91. The first-order valence-electron chi connectivity index (χ1n) is 11.6. The smallest absolute Gasteiger partial charge is 0.410 e. The quantitative estimate of drug-likeness (QED) is 0.662. The van der Waals surface area contributed by atoms with Crippen molar-refractivity contribution in [2.45, 2.75) is 71.2 Å². The molecule has 1 amide bonds. The number of nitrogens with zero attached hydrogens (tertiary/aromatic N) is 4. The first-order chi connectivity index (χ1) is 15.6. The van der Waals surface area contributed by atoms with Crippen LogP contribution in [0, 0.1) is 5.82 Å². The van der Waals surface area contributed by atoms with Gasteiger partial charge < -0.3 is 23.8 Å². The maximum atomic E-state index is 14.6. The number of morpholine rings is 1. The number of ether oxygens (including phenoxy) is 2. The van der Waals surface area contributed by atoms with E-state index in [1.165, 1.54) is 6.07 Å². The predicted octanol–water partition coefficient (Wildman–Crippen LogP) is 4.60. The average molecular weight is 461 g/mol. The molecule has 8 nitrogen and oxygen atoms in total. The molecule has 2 aliphatic rings. The summed E-state index contributed by atoms with van der Waals surface area (Å²) in [5.74, 6) is 0.805. The van der Waals surface area contributed by atoms with Gasteiger partial charge in [0.05, 0.1) is 17.9 Å². The summed E-state index contributed by atoms with van der Waals surface area (Å²) in [6.07, 6.45) is 1.23. The Kier molecular flexibility index (Phi) is 6.61. The Morgan fingerprint density at radius 1 is 1.15 bits per heavy atom. The largest absolute Gasteiger partial charge is 0.444 e. The Morgan fingerprint density at radius 2 is 1.82 bits per heavy atom. The van der Waals surface area contributed by atoms with E-state index in [-0.39, 0.29) is 30.0 Å². The molecule has 2 atom stereocenters. The molecule has 0 N–H and O–H groups in total. The average Bonchev–Trinajstić information content (AvgIpc) is 3.22. The minimum absolute atomic E-state index is 0.0263. The van der Waals surface area contributed by atoms with Gasteiger partial charge in [0.25, 0.3) is 5.89 Å². The second-order valence-corrected chi connectivity index (χ2v) is 10.0. The fourth-order valence-corrected chi connectivity index (χ4v) is 4.43. The molecule has 2 saturated heterocycles. The predicted molar refractivity (Wildman–Crippen MR) is 122 cm³/mol. The fourth-order valence-electron chi connectivity index (χ4n) is 4.43. The van der Waals surface area contributed by atoms with E-state index in [4.69, 9.17) is 14.0 Å². The molecule has 33 heavy (non-hydrogen) atoms. The molecule has 0 radical (unpaired) electrons. The molecule has 2 aromatic rings. The molecule has 180 valence electrons. The molecule has 0 spiro atoms. The summed E-state index contributed by atoms with van der Waals surface area (Å²) < 4.78 is 31.4. The molecule has 3 heterocycles. The first-order valence-corrected chi connectivity index (χ1v) is 11.6. The molecular formula is C24H33FN4O4. The van der Waals surface area contributed by atoms with Crippen molar-refractivity contribution < 1.29 is 23.2 Å². The number of aromatic nitrogens is 2. The van der Waals surface area contributed by atoms with Crippen LogP contribution in [0.15, 0.2) is 22.7 Å². The van der Waals surface area contributed by atoms with Crippen molar-refractivity contribution >= 4 is 11.8 Å². The van der Waals surface area contributed by atoms with Crippen molar-refractivity contribution in [3.8, 4) is 11.5 Å². The number of anilines is 1. The van der Waals surface area contributed by atoms with E-state index in [9.17, 15) is 9.18 Å². The van der Waals surface area contributed by atoms with E-state index in [0.29, 0.717) is 49.1 Å². The number of hydrogen-bond donors (Lipinski definition) is 0. The van der Waals surface area contributed by atoms with Crippen molar-refractivity contribution in [1.82, 2.24) is 15.0 Å². The van der Waals surface area contributed by atoms with Crippen molar-refractivity contribution in [3.63, 3.8) is 0 Å². The molecule has 2 aliphatic heterocycles. The lowest BCUT2D eigenvalue weighted by atomic mass is 9.96. The number of amides is 1. The van der Waals surface area contributed by atoms with Crippen LogP contribution in [0.4, 0.5) is 14.9 Å². The van der Waals surface area contributed by atoms with E-state index in [1.54, 1.807) is 17.0 Å². The number of piperidine rings is 1. The van der Waals surface area contributed by atoms with Crippen molar-refractivity contribution in [2.75, 3.05) is 31.1 Å². The minimum Gasteiger partial charge on any atom is -0.444 e. The monoisotopic (exact) mass is 460 g/mol. The number of likely N-dealkylation sites (tertiary alicyclic amines) is 1. The summed E-state index contributed by atoms with van der Waals surface area (Å²) >= 11 is 0. The molecule has 0 saturated carbocycles. The van der Waals surface area contributed by atoms with Crippen LogP contribution in [0.1, 0.15) is 59.2 Å². The number of benzene rings is 1. The zero-order valence-corrected chi connectivity index (χ0v) is 20.0. The van der Waals surface area contributed by atoms with Gasteiger partial charge in [0, 0.05) is 37.7 Å². The number of carbonyl (C=O) groups is 1. The Labute approximate surface area is 194 Å². The van der Waals surface area contributed by atoms with E-state index in [0.717, 1.165) is 12.8 Å². The van der Waals surface area contributed by atoms with Gasteiger partial charge in [-0.3, -0.25) is 0 Å². The summed E-state index contributed by atoms with van der Waals surface area (Å²) in [5.41, 5.74) is 0.685. The van der Waals surface area contributed by atoms with Gasteiger partial charge in [-0.05, 0) is 65.7 Å². The second kappa shape index (κ2) is 9.29. The molecule has 9 heteroatoms. The summed E-state index contributed by atoms with van der Waals surface area (Å²) in [7, 11) is 0. The van der Waals surface area contributed by atoms with Gasteiger partial charge in [-0.25, -0.2) is 9.18 Å². The van der Waals surface area contributed by atoms with Gasteiger partial charge in [-0.1, -0.05) is 5.16 Å². The molecule has 2 fully saturated rings. The Hall–Kier alpha value is -2.68. The minimum atomic E-state index is -0.512. The molecule has 2 unspecified atom stereocenters. The first kappa shape index (κ1) is 23.5. The normalized spacial score (nSPS) is 22.5. The lowest BCUT2D eigenvalue weighted by Gasteiger charge is -2.37. The lowest BCUT2D eigenvalue weighted by Crippen LogP contribution is -2.45. The summed E-state index contributed by atoms with van der Waals surface area (Å²) in [5, 5.41) is 4.19. The maximum absolute atomic E-state index is 14.6. The lowest BCUT2D eigenvalue weighted by molar-refractivity contribution is -0.00540. The number of rotatable bonds is 3. The van der Waals surface area contributed by atoms with E-state index in [2.05, 4.69) is 10.1 Å². The molecule has 4 rings (SSSR count). The highest BCUT2D eigenvalue weighted by molar-refractivity contribution is 5.68. The van der Waals surface area contributed by atoms with E-state index >= 15 is 0 Å². The standard InChI is InChI=1S/C24H33FN4O4/c1-15-13-29(14-16(2)31-15)20-12-18(6-7-19(20)25)22-26-21(27-33-22)17-8-10-28(11-9-17)23(30)32-24(3,4)5/h6-7,12,15-17H,8-11,13-14H2,1-5H3. The molecule has 0 aliphatic carbocycles. The highest BCUT2D eigenvalue weighted by Gasteiger charge is 2.30. The van der Waals surface area contributed by atoms with Crippen LogP contribution in [-0.4, -0.2) is 65.1 Å². The highest BCUT2D eigenvalue weighted by atomic mass is 19.1. The molecule has 1 aromatic heterocycles. The van der Waals surface area contributed by atoms with Gasteiger partial charge in [-0.15, -0.1) is 0 Å². The van der Waals surface area contributed by atoms with Gasteiger partial charge in [-0.2, -0.15) is 4.98 Å². The highest BCUT2D eigenvalue weighted by Crippen LogP contribution is 2.32. The Balaban J connectivity index is 1.43. The molecule has 1 aromatic carbocycles. The van der Waals surface area contributed by atoms with Crippen LogP contribution in [0.2, 0.25) is 0 Å². The number of halogens is 1.